The average molecular weight is 262 g/mol. The van der Waals surface area contributed by atoms with E-state index in [4.69, 9.17) is 22.4 Å². The number of aryl methyl sites for hydroxylation is 1. The SMILES string of the molecule is Cc1ccc(C(C)Nc2nccc(C(N)=S)n2)o1. The summed E-state index contributed by atoms with van der Waals surface area (Å²) in [5, 5.41) is 3.14. The van der Waals surface area contributed by atoms with Gasteiger partial charge in [0.1, 0.15) is 22.2 Å². The van der Waals surface area contributed by atoms with E-state index in [0.29, 0.717) is 11.6 Å². The zero-order chi connectivity index (χ0) is 13.1. The van der Waals surface area contributed by atoms with Crippen LogP contribution in [-0.2, 0) is 0 Å². The highest BCUT2D eigenvalue weighted by atomic mass is 32.1. The minimum absolute atomic E-state index is 0.0275. The fourth-order valence-electron chi connectivity index (χ4n) is 1.52. The van der Waals surface area contributed by atoms with Crippen molar-refractivity contribution in [2.45, 2.75) is 19.9 Å². The topological polar surface area (TPSA) is 77.0 Å². The third-order valence-electron chi connectivity index (χ3n) is 2.44. The van der Waals surface area contributed by atoms with Gasteiger partial charge in [0.05, 0.1) is 6.04 Å². The molecule has 1 atom stereocenters. The number of anilines is 1. The molecule has 0 aliphatic rings. The standard InChI is InChI=1S/C12H14N4OS/c1-7-3-4-10(17-7)8(2)15-12-14-6-5-9(16-12)11(13)18/h3-6,8H,1-2H3,(H2,13,18)(H,14,15,16). The lowest BCUT2D eigenvalue weighted by molar-refractivity contribution is 0.466. The molecular formula is C12H14N4OS. The first-order valence-electron chi connectivity index (χ1n) is 5.52. The van der Waals surface area contributed by atoms with E-state index in [1.807, 2.05) is 26.0 Å². The third-order valence-corrected chi connectivity index (χ3v) is 2.65. The van der Waals surface area contributed by atoms with Crippen molar-refractivity contribution < 1.29 is 4.42 Å². The van der Waals surface area contributed by atoms with E-state index in [1.54, 1.807) is 12.3 Å². The molecule has 0 aliphatic carbocycles. The Morgan fingerprint density at radius 3 is 2.83 bits per heavy atom. The van der Waals surface area contributed by atoms with Gasteiger partial charge in [-0.25, -0.2) is 9.97 Å². The lowest BCUT2D eigenvalue weighted by Gasteiger charge is -2.11. The lowest BCUT2D eigenvalue weighted by atomic mass is 10.2. The fourth-order valence-corrected chi connectivity index (χ4v) is 1.63. The van der Waals surface area contributed by atoms with Gasteiger partial charge in [-0.15, -0.1) is 0 Å². The third kappa shape index (κ3) is 2.84. The Bertz CT molecular complexity index is 567. The van der Waals surface area contributed by atoms with Crippen LogP contribution in [0.3, 0.4) is 0 Å². The van der Waals surface area contributed by atoms with Crippen LogP contribution in [0.1, 0.15) is 30.2 Å². The summed E-state index contributed by atoms with van der Waals surface area (Å²) in [5.41, 5.74) is 6.07. The predicted octanol–water partition coefficient (Wildman–Crippen LogP) is 2.19. The average Bonchev–Trinajstić information content (AvgIpc) is 2.76. The molecule has 2 aromatic rings. The van der Waals surface area contributed by atoms with E-state index in [9.17, 15) is 0 Å². The number of nitrogens with two attached hydrogens (primary N) is 1. The van der Waals surface area contributed by atoms with Crippen LogP contribution < -0.4 is 11.1 Å². The van der Waals surface area contributed by atoms with E-state index < -0.39 is 0 Å². The molecule has 0 radical (unpaired) electrons. The number of furan rings is 1. The van der Waals surface area contributed by atoms with Gasteiger partial charge in [0.15, 0.2) is 0 Å². The highest BCUT2D eigenvalue weighted by molar-refractivity contribution is 7.80. The molecule has 94 valence electrons. The number of nitrogens with zero attached hydrogens (tertiary/aromatic N) is 2. The second-order valence-electron chi connectivity index (χ2n) is 3.94. The number of aromatic nitrogens is 2. The number of hydrogen-bond donors (Lipinski definition) is 2. The molecule has 0 saturated heterocycles. The highest BCUT2D eigenvalue weighted by Gasteiger charge is 2.11. The number of nitrogens with one attached hydrogen (secondary N) is 1. The van der Waals surface area contributed by atoms with Crippen LogP contribution in [0.15, 0.2) is 28.8 Å². The van der Waals surface area contributed by atoms with Gasteiger partial charge in [0, 0.05) is 6.20 Å². The number of rotatable bonds is 4. The summed E-state index contributed by atoms with van der Waals surface area (Å²) in [6.07, 6.45) is 1.62. The van der Waals surface area contributed by atoms with Gasteiger partial charge < -0.3 is 15.5 Å². The summed E-state index contributed by atoms with van der Waals surface area (Å²) in [5.74, 6) is 2.18. The molecule has 0 bridgehead atoms. The predicted molar refractivity (Wildman–Crippen MR) is 73.4 cm³/mol. The molecule has 5 nitrogen and oxygen atoms in total. The number of hydrogen-bond acceptors (Lipinski definition) is 5. The van der Waals surface area contributed by atoms with Gasteiger partial charge in [-0.05, 0) is 32.0 Å². The molecule has 0 fully saturated rings. The molecule has 3 N–H and O–H groups in total. The summed E-state index contributed by atoms with van der Waals surface area (Å²) in [6, 6.07) is 5.49. The van der Waals surface area contributed by atoms with Crippen molar-refractivity contribution in [3.63, 3.8) is 0 Å². The quantitative estimate of drug-likeness (QED) is 0.822. The molecule has 1 unspecified atom stereocenters. The molecule has 0 saturated carbocycles. The Morgan fingerprint density at radius 2 is 2.22 bits per heavy atom. The van der Waals surface area contributed by atoms with Crippen LogP contribution in [0, 0.1) is 6.92 Å². The second-order valence-corrected chi connectivity index (χ2v) is 4.38. The van der Waals surface area contributed by atoms with Gasteiger partial charge >= 0.3 is 0 Å². The molecule has 0 aromatic carbocycles. The van der Waals surface area contributed by atoms with E-state index in [-0.39, 0.29) is 11.0 Å². The molecule has 0 spiro atoms. The first-order valence-corrected chi connectivity index (χ1v) is 5.93. The van der Waals surface area contributed by atoms with Gasteiger partial charge in [-0.2, -0.15) is 0 Å². The summed E-state index contributed by atoms with van der Waals surface area (Å²) in [4.78, 5) is 8.58. The molecule has 18 heavy (non-hydrogen) atoms. The van der Waals surface area contributed by atoms with Crippen molar-refractivity contribution in [3.8, 4) is 0 Å². The maximum absolute atomic E-state index is 5.53. The zero-order valence-electron chi connectivity index (χ0n) is 10.2. The Balaban J connectivity index is 2.14. The highest BCUT2D eigenvalue weighted by Crippen LogP contribution is 2.18. The summed E-state index contributed by atoms with van der Waals surface area (Å²) in [6.45, 7) is 3.87. The smallest absolute Gasteiger partial charge is 0.223 e. The maximum Gasteiger partial charge on any atom is 0.223 e. The number of thiocarbonyl (C=S) groups is 1. The second kappa shape index (κ2) is 5.14. The van der Waals surface area contributed by atoms with Gasteiger partial charge in [0.2, 0.25) is 5.95 Å². The Morgan fingerprint density at radius 1 is 1.44 bits per heavy atom. The summed E-state index contributed by atoms with van der Waals surface area (Å²) >= 11 is 4.87. The van der Waals surface area contributed by atoms with Crippen molar-refractivity contribution in [1.29, 1.82) is 0 Å². The normalized spacial score (nSPS) is 12.1. The van der Waals surface area contributed by atoms with Crippen LogP contribution in [-0.4, -0.2) is 15.0 Å². The summed E-state index contributed by atoms with van der Waals surface area (Å²) in [7, 11) is 0. The van der Waals surface area contributed by atoms with Gasteiger partial charge in [-0.3, -0.25) is 0 Å². The van der Waals surface area contributed by atoms with Crippen LogP contribution >= 0.6 is 12.2 Å². The minimum Gasteiger partial charge on any atom is -0.464 e. The molecule has 0 aliphatic heterocycles. The van der Waals surface area contributed by atoms with Crippen molar-refractivity contribution >= 4 is 23.2 Å². The monoisotopic (exact) mass is 262 g/mol. The molecule has 2 heterocycles. The molecule has 2 rings (SSSR count). The Kier molecular flexibility index (Phi) is 3.57. The van der Waals surface area contributed by atoms with E-state index >= 15 is 0 Å². The van der Waals surface area contributed by atoms with Crippen LogP contribution in [0.5, 0.6) is 0 Å². The summed E-state index contributed by atoms with van der Waals surface area (Å²) < 4.78 is 5.53. The fraction of sp³-hybridized carbons (Fsp3) is 0.250. The largest absolute Gasteiger partial charge is 0.464 e. The van der Waals surface area contributed by atoms with Gasteiger partial charge in [0.25, 0.3) is 0 Å². The van der Waals surface area contributed by atoms with Crippen LogP contribution in [0.4, 0.5) is 5.95 Å². The molecule has 2 aromatic heterocycles. The first kappa shape index (κ1) is 12.5. The maximum atomic E-state index is 5.53. The van der Waals surface area contributed by atoms with E-state index in [2.05, 4.69) is 15.3 Å². The molecular weight excluding hydrogens is 248 g/mol. The van der Waals surface area contributed by atoms with Crippen molar-refractivity contribution in [3.05, 3.63) is 41.6 Å². The van der Waals surface area contributed by atoms with Crippen molar-refractivity contribution in [2.24, 2.45) is 5.73 Å². The van der Waals surface area contributed by atoms with Crippen LogP contribution in [0.25, 0.3) is 0 Å². The zero-order valence-corrected chi connectivity index (χ0v) is 11.0. The minimum atomic E-state index is -0.0275. The Hall–Kier alpha value is -1.95. The van der Waals surface area contributed by atoms with Gasteiger partial charge in [-0.1, -0.05) is 12.2 Å². The lowest BCUT2D eigenvalue weighted by Crippen LogP contribution is -2.15. The van der Waals surface area contributed by atoms with E-state index in [1.165, 1.54) is 0 Å². The molecule has 0 amide bonds. The first-order chi connectivity index (χ1) is 8.56. The van der Waals surface area contributed by atoms with Crippen molar-refractivity contribution in [2.75, 3.05) is 5.32 Å². The Labute approximate surface area is 110 Å². The van der Waals surface area contributed by atoms with E-state index in [0.717, 1.165) is 11.5 Å². The van der Waals surface area contributed by atoms with Crippen LogP contribution in [0.2, 0.25) is 0 Å². The molecule has 6 heteroatoms. The van der Waals surface area contributed by atoms with Crippen molar-refractivity contribution in [1.82, 2.24) is 9.97 Å².